The molecule has 3 N–H and O–H groups in total. The van der Waals surface area contributed by atoms with Crippen LogP contribution in [0.3, 0.4) is 0 Å². The van der Waals surface area contributed by atoms with Crippen LogP contribution in [0.25, 0.3) is 10.6 Å². The Labute approximate surface area is 155 Å². The van der Waals surface area contributed by atoms with E-state index in [-0.39, 0.29) is 12.3 Å². The average Bonchev–Trinajstić information content (AvgIpc) is 3.08. The average molecular weight is 365 g/mol. The van der Waals surface area contributed by atoms with Gasteiger partial charge in [0.1, 0.15) is 11.0 Å². The minimum absolute atomic E-state index is 0.0962. The first-order chi connectivity index (χ1) is 12.5. The fraction of sp³-hybridized carbons (Fsp3) is 0.150. The lowest BCUT2D eigenvalue weighted by molar-refractivity contribution is -0.127. The fourth-order valence-electron chi connectivity index (χ4n) is 2.64. The van der Waals surface area contributed by atoms with Crippen molar-refractivity contribution in [1.29, 1.82) is 0 Å². The highest BCUT2D eigenvalue weighted by molar-refractivity contribution is 7.13. The van der Waals surface area contributed by atoms with E-state index in [0.717, 1.165) is 16.1 Å². The summed E-state index contributed by atoms with van der Waals surface area (Å²) in [5.41, 5.74) is 8.95. The highest BCUT2D eigenvalue weighted by atomic mass is 32.1. The largest absolute Gasteiger partial charge is 0.368 e. The van der Waals surface area contributed by atoms with E-state index in [1.807, 2.05) is 36.6 Å². The van der Waals surface area contributed by atoms with E-state index in [1.165, 1.54) is 11.3 Å². The van der Waals surface area contributed by atoms with Gasteiger partial charge in [0, 0.05) is 10.9 Å². The lowest BCUT2D eigenvalue weighted by Crippen LogP contribution is -2.38. The number of aryl methyl sites for hydroxylation is 1. The van der Waals surface area contributed by atoms with Crippen molar-refractivity contribution in [2.75, 3.05) is 0 Å². The van der Waals surface area contributed by atoms with E-state index >= 15 is 0 Å². The number of aromatic nitrogens is 1. The number of rotatable bonds is 6. The summed E-state index contributed by atoms with van der Waals surface area (Å²) in [7, 11) is 0. The van der Waals surface area contributed by atoms with Gasteiger partial charge in [0.15, 0.2) is 0 Å². The summed E-state index contributed by atoms with van der Waals surface area (Å²) < 4.78 is 0. The van der Waals surface area contributed by atoms with Gasteiger partial charge in [-0.2, -0.15) is 0 Å². The fourth-order valence-corrected chi connectivity index (χ4v) is 3.46. The first kappa shape index (κ1) is 17.8. The maximum Gasteiger partial charge on any atom is 0.244 e. The van der Waals surface area contributed by atoms with Crippen LogP contribution < -0.4 is 11.1 Å². The number of carbonyl (C=O) groups is 2. The third kappa shape index (κ3) is 4.34. The zero-order valence-electron chi connectivity index (χ0n) is 14.3. The van der Waals surface area contributed by atoms with Crippen LogP contribution in [0.15, 0.2) is 60.0 Å². The number of thiazole rings is 1. The van der Waals surface area contributed by atoms with E-state index < -0.39 is 11.9 Å². The molecule has 3 aromatic rings. The van der Waals surface area contributed by atoms with E-state index in [0.29, 0.717) is 11.3 Å². The molecule has 26 heavy (non-hydrogen) atoms. The predicted octanol–water partition coefficient (Wildman–Crippen LogP) is 3.00. The van der Waals surface area contributed by atoms with Crippen LogP contribution in [-0.4, -0.2) is 16.8 Å². The molecule has 0 aliphatic carbocycles. The van der Waals surface area contributed by atoms with Gasteiger partial charge in [0.25, 0.3) is 0 Å². The van der Waals surface area contributed by atoms with Crippen molar-refractivity contribution < 1.29 is 9.59 Å². The second-order valence-electron chi connectivity index (χ2n) is 6.00. The van der Waals surface area contributed by atoms with Crippen molar-refractivity contribution in [3.05, 3.63) is 76.8 Å². The highest BCUT2D eigenvalue weighted by Crippen LogP contribution is 2.24. The molecule has 0 saturated heterocycles. The van der Waals surface area contributed by atoms with Gasteiger partial charge in [0.05, 0.1) is 12.1 Å². The molecule has 2 aromatic carbocycles. The molecule has 132 valence electrons. The minimum atomic E-state index is -0.849. The minimum Gasteiger partial charge on any atom is -0.368 e. The molecule has 0 bridgehead atoms. The van der Waals surface area contributed by atoms with Crippen LogP contribution >= 0.6 is 11.3 Å². The van der Waals surface area contributed by atoms with E-state index in [4.69, 9.17) is 5.73 Å². The van der Waals surface area contributed by atoms with Crippen molar-refractivity contribution >= 4 is 23.2 Å². The molecule has 0 aliphatic rings. The monoisotopic (exact) mass is 365 g/mol. The summed E-state index contributed by atoms with van der Waals surface area (Å²) in [5, 5.41) is 5.42. The van der Waals surface area contributed by atoms with Crippen LogP contribution in [0.2, 0.25) is 0 Å². The Balaban J connectivity index is 1.69. The Hall–Kier alpha value is -2.99. The molecule has 5 nitrogen and oxygen atoms in total. The maximum atomic E-state index is 12.3. The van der Waals surface area contributed by atoms with Gasteiger partial charge in [-0.25, -0.2) is 4.98 Å². The number of nitrogens with zero attached hydrogens (tertiary/aromatic N) is 1. The summed E-state index contributed by atoms with van der Waals surface area (Å²) in [6.07, 6.45) is 0.0962. The van der Waals surface area contributed by atoms with E-state index in [9.17, 15) is 9.59 Å². The molecule has 2 amide bonds. The summed E-state index contributed by atoms with van der Waals surface area (Å²) in [6.45, 7) is 2.03. The van der Waals surface area contributed by atoms with Crippen LogP contribution in [0, 0.1) is 6.92 Å². The van der Waals surface area contributed by atoms with E-state index in [2.05, 4.69) is 16.4 Å². The van der Waals surface area contributed by atoms with Crippen molar-refractivity contribution in [2.45, 2.75) is 19.4 Å². The molecule has 1 unspecified atom stereocenters. The summed E-state index contributed by atoms with van der Waals surface area (Å²) in [6, 6.07) is 16.2. The molecule has 0 fully saturated rings. The van der Waals surface area contributed by atoms with E-state index in [1.54, 1.807) is 24.3 Å². The second kappa shape index (κ2) is 7.93. The van der Waals surface area contributed by atoms with Crippen LogP contribution in [0.1, 0.15) is 22.9 Å². The Morgan fingerprint density at radius 2 is 1.92 bits per heavy atom. The first-order valence-electron chi connectivity index (χ1n) is 8.18. The highest BCUT2D eigenvalue weighted by Gasteiger charge is 2.20. The molecule has 1 aromatic heterocycles. The number of primary amides is 1. The molecule has 0 saturated carbocycles. The second-order valence-corrected chi connectivity index (χ2v) is 6.86. The number of benzene rings is 2. The van der Waals surface area contributed by atoms with Gasteiger partial charge in [-0.05, 0) is 18.6 Å². The number of hydrogen-bond donors (Lipinski definition) is 2. The smallest absolute Gasteiger partial charge is 0.244 e. The van der Waals surface area contributed by atoms with Gasteiger partial charge >= 0.3 is 0 Å². The quantitative estimate of drug-likeness (QED) is 0.704. The van der Waals surface area contributed by atoms with Gasteiger partial charge in [-0.1, -0.05) is 54.1 Å². The molecule has 1 heterocycles. The zero-order chi connectivity index (χ0) is 18.5. The molecular weight excluding hydrogens is 346 g/mol. The zero-order valence-corrected chi connectivity index (χ0v) is 15.1. The van der Waals surface area contributed by atoms with Gasteiger partial charge in [0.2, 0.25) is 11.8 Å². The van der Waals surface area contributed by atoms with Gasteiger partial charge in [-0.15, -0.1) is 11.3 Å². The van der Waals surface area contributed by atoms with Gasteiger partial charge < -0.3 is 11.1 Å². The first-order valence-corrected chi connectivity index (χ1v) is 9.06. The SMILES string of the molecule is Cc1cccc(-c2nc(CC(=O)NC(C(N)=O)c3ccccc3)cs2)c1. The number of hydrogen-bond acceptors (Lipinski definition) is 4. The van der Waals surface area contributed by atoms with Crippen LogP contribution in [-0.2, 0) is 16.0 Å². The molecule has 0 spiro atoms. The Bertz CT molecular complexity index is 922. The Kier molecular flexibility index (Phi) is 5.43. The van der Waals surface area contributed by atoms with Crippen LogP contribution in [0.4, 0.5) is 0 Å². The Morgan fingerprint density at radius 3 is 2.62 bits per heavy atom. The van der Waals surface area contributed by atoms with Crippen molar-refractivity contribution in [3.8, 4) is 10.6 Å². The molecule has 1 atom stereocenters. The lowest BCUT2D eigenvalue weighted by Gasteiger charge is -2.15. The number of nitrogens with two attached hydrogens (primary N) is 1. The summed E-state index contributed by atoms with van der Waals surface area (Å²) in [4.78, 5) is 28.6. The number of carbonyl (C=O) groups excluding carboxylic acids is 2. The third-order valence-electron chi connectivity index (χ3n) is 3.88. The summed E-state index contributed by atoms with van der Waals surface area (Å²) >= 11 is 1.49. The van der Waals surface area contributed by atoms with Crippen molar-refractivity contribution in [1.82, 2.24) is 10.3 Å². The topological polar surface area (TPSA) is 85.1 Å². The normalized spacial score (nSPS) is 11.7. The van der Waals surface area contributed by atoms with Gasteiger partial charge in [-0.3, -0.25) is 9.59 Å². The van der Waals surface area contributed by atoms with Crippen LogP contribution in [0.5, 0.6) is 0 Å². The molecular formula is C20H19N3O2S. The Morgan fingerprint density at radius 1 is 1.15 bits per heavy atom. The molecule has 6 heteroatoms. The third-order valence-corrected chi connectivity index (χ3v) is 4.82. The van der Waals surface area contributed by atoms with Crippen molar-refractivity contribution in [2.24, 2.45) is 5.73 Å². The molecule has 0 radical (unpaired) electrons. The number of amides is 2. The van der Waals surface area contributed by atoms with Crippen molar-refractivity contribution in [3.63, 3.8) is 0 Å². The standard InChI is InChI=1S/C20H19N3O2S/c1-13-6-5-9-15(10-13)20-22-16(12-26-20)11-17(24)23-18(19(21)25)14-7-3-2-4-8-14/h2-10,12,18H,11H2,1H3,(H2,21,25)(H,23,24). The lowest BCUT2D eigenvalue weighted by atomic mass is 10.1. The predicted molar refractivity (Wildman–Crippen MR) is 103 cm³/mol. The summed E-state index contributed by atoms with van der Waals surface area (Å²) in [5.74, 6) is -0.887. The maximum absolute atomic E-state index is 12.3. The molecule has 3 rings (SSSR count). The number of nitrogens with one attached hydrogen (secondary N) is 1. The molecule has 0 aliphatic heterocycles.